The van der Waals surface area contributed by atoms with Gasteiger partial charge in [-0.2, -0.15) is 0 Å². The number of furan rings is 1. The fraction of sp³-hybridized carbons (Fsp3) is 0.267. The Labute approximate surface area is 121 Å². The van der Waals surface area contributed by atoms with Gasteiger partial charge in [0.15, 0.2) is 11.5 Å². The summed E-state index contributed by atoms with van der Waals surface area (Å²) in [5.41, 5.74) is 0.446. The summed E-state index contributed by atoms with van der Waals surface area (Å²) in [6.45, 7) is 2.03. The number of benzene rings is 1. The minimum atomic E-state index is -0.878. The molecule has 3 rings (SSSR count). The summed E-state index contributed by atoms with van der Waals surface area (Å²) in [6.07, 6.45) is -0.878. The number of aryl methyl sites for hydroxylation is 1. The van der Waals surface area contributed by atoms with E-state index < -0.39 is 6.10 Å². The van der Waals surface area contributed by atoms with Crippen LogP contribution in [0.5, 0.6) is 11.5 Å². The number of carbonyl (C=O) groups excluding carboxylic acids is 1. The minimum absolute atomic E-state index is 0.0697. The molecule has 21 heavy (non-hydrogen) atoms. The van der Waals surface area contributed by atoms with Crippen molar-refractivity contribution >= 4 is 5.91 Å². The van der Waals surface area contributed by atoms with Gasteiger partial charge in [-0.15, -0.1) is 0 Å². The van der Waals surface area contributed by atoms with E-state index in [1.165, 1.54) is 0 Å². The van der Waals surface area contributed by atoms with E-state index in [1.807, 2.05) is 0 Å². The van der Waals surface area contributed by atoms with Crippen molar-refractivity contribution in [2.24, 2.45) is 0 Å². The van der Waals surface area contributed by atoms with Gasteiger partial charge in [-0.3, -0.25) is 4.79 Å². The first-order valence-corrected chi connectivity index (χ1v) is 6.56. The lowest BCUT2D eigenvalue weighted by molar-refractivity contribution is 0.0900. The second kappa shape index (κ2) is 5.49. The Balaban J connectivity index is 1.61. The summed E-state index contributed by atoms with van der Waals surface area (Å²) in [5.74, 6) is 2.02. The lowest BCUT2D eigenvalue weighted by atomic mass is 10.2. The van der Waals surface area contributed by atoms with Gasteiger partial charge in [-0.1, -0.05) is 0 Å². The summed E-state index contributed by atoms with van der Waals surface area (Å²) in [5, 5.41) is 12.6. The topological polar surface area (TPSA) is 80.9 Å². The quantitative estimate of drug-likeness (QED) is 0.896. The molecule has 1 aliphatic rings. The van der Waals surface area contributed by atoms with E-state index in [9.17, 15) is 9.90 Å². The summed E-state index contributed by atoms with van der Waals surface area (Å²) in [7, 11) is 0. The Morgan fingerprint density at radius 1 is 1.29 bits per heavy atom. The Morgan fingerprint density at radius 2 is 2.10 bits per heavy atom. The molecule has 1 atom stereocenters. The van der Waals surface area contributed by atoms with Gasteiger partial charge in [0.25, 0.3) is 5.91 Å². The predicted octanol–water partition coefficient (Wildman–Crippen LogP) is 1.78. The molecule has 2 aromatic rings. The van der Waals surface area contributed by atoms with Crippen LogP contribution in [0, 0.1) is 6.92 Å². The maximum absolute atomic E-state index is 12.0. The number of ether oxygens (including phenoxy) is 2. The number of aliphatic hydroxyl groups excluding tert-OH is 1. The summed E-state index contributed by atoms with van der Waals surface area (Å²) >= 11 is 0. The fourth-order valence-corrected chi connectivity index (χ4v) is 2.06. The van der Waals surface area contributed by atoms with E-state index in [1.54, 1.807) is 37.3 Å². The number of fused-ring (bicyclic) bond motifs is 1. The van der Waals surface area contributed by atoms with Crippen LogP contribution in [0.2, 0.25) is 0 Å². The zero-order chi connectivity index (χ0) is 14.8. The smallest absolute Gasteiger partial charge is 0.251 e. The molecule has 0 radical (unpaired) electrons. The van der Waals surface area contributed by atoms with Crippen LogP contribution in [0.4, 0.5) is 0 Å². The first-order valence-electron chi connectivity index (χ1n) is 6.56. The molecular weight excluding hydrogens is 274 g/mol. The largest absolute Gasteiger partial charge is 0.464 e. The molecule has 6 nitrogen and oxygen atoms in total. The number of carbonyl (C=O) groups is 1. The van der Waals surface area contributed by atoms with Crippen LogP contribution in [0.15, 0.2) is 34.7 Å². The lowest BCUT2D eigenvalue weighted by Gasteiger charge is -2.10. The van der Waals surface area contributed by atoms with Crippen LogP contribution < -0.4 is 14.8 Å². The van der Waals surface area contributed by atoms with Crippen LogP contribution >= 0.6 is 0 Å². The van der Waals surface area contributed by atoms with Crippen molar-refractivity contribution in [3.05, 3.63) is 47.4 Å². The highest BCUT2D eigenvalue weighted by Crippen LogP contribution is 2.32. The van der Waals surface area contributed by atoms with Gasteiger partial charge in [0.1, 0.15) is 17.6 Å². The number of hydrogen-bond acceptors (Lipinski definition) is 5. The average molecular weight is 289 g/mol. The van der Waals surface area contributed by atoms with Crippen LogP contribution in [-0.4, -0.2) is 24.4 Å². The monoisotopic (exact) mass is 289 g/mol. The SMILES string of the molecule is Cc1ccc([C@H](O)CNC(=O)c2ccc3c(c2)OCO3)o1. The summed E-state index contributed by atoms with van der Waals surface area (Å²) in [4.78, 5) is 12.0. The highest BCUT2D eigenvalue weighted by Gasteiger charge is 2.17. The Kier molecular flexibility index (Phi) is 3.53. The second-order valence-corrected chi connectivity index (χ2v) is 4.74. The fourth-order valence-electron chi connectivity index (χ4n) is 2.06. The molecular formula is C15H15NO5. The molecule has 1 amide bonds. The maximum atomic E-state index is 12.0. The van der Waals surface area contributed by atoms with Crippen LogP contribution in [0.1, 0.15) is 28.0 Å². The van der Waals surface area contributed by atoms with Crippen molar-refractivity contribution in [2.45, 2.75) is 13.0 Å². The molecule has 0 saturated carbocycles. The Bertz CT molecular complexity index is 664. The molecule has 1 aromatic heterocycles. The van der Waals surface area contributed by atoms with Gasteiger partial charge in [-0.25, -0.2) is 0 Å². The Hall–Kier alpha value is -2.47. The number of aliphatic hydroxyl groups is 1. The van der Waals surface area contributed by atoms with E-state index in [4.69, 9.17) is 13.9 Å². The number of hydrogen-bond donors (Lipinski definition) is 2. The molecule has 6 heteroatoms. The van der Waals surface area contributed by atoms with Crippen molar-refractivity contribution in [3.8, 4) is 11.5 Å². The van der Waals surface area contributed by atoms with Gasteiger partial charge in [0, 0.05) is 5.56 Å². The molecule has 0 bridgehead atoms. The molecule has 1 aromatic carbocycles. The van der Waals surface area contributed by atoms with Gasteiger partial charge < -0.3 is 24.3 Å². The van der Waals surface area contributed by atoms with Crippen LogP contribution in [0.3, 0.4) is 0 Å². The third-order valence-electron chi connectivity index (χ3n) is 3.18. The van der Waals surface area contributed by atoms with E-state index >= 15 is 0 Å². The van der Waals surface area contributed by atoms with E-state index in [2.05, 4.69) is 5.32 Å². The van der Waals surface area contributed by atoms with Crippen molar-refractivity contribution in [1.29, 1.82) is 0 Å². The minimum Gasteiger partial charge on any atom is -0.464 e. The standard InChI is InChI=1S/C15H15NO5/c1-9-2-4-12(21-9)11(17)7-16-15(18)10-3-5-13-14(6-10)20-8-19-13/h2-6,11,17H,7-8H2,1H3,(H,16,18)/t11-/m1/s1. The van der Waals surface area contributed by atoms with E-state index in [0.29, 0.717) is 28.6 Å². The average Bonchev–Trinajstić information content (AvgIpc) is 3.12. The molecule has 110 valence electrons. The van der Waals surface area contributed by atoms with Crippen molar-refractivity contribution in [3.63, 3.8) is 0 Å². The predicted molar refractivity (Wildman–Crippen MR) is 73.3 cm³/mol. The van der Waals surface area contributed by atoms with E-state index in [0.717, 1.165) is 0 Å². The molecule has 1 aliphatic heterocycles. The normalized spacial score (nSPS) is 14.0. The van der Waals surface area contributed by atoms with Gasteiger partial charge >= 0.3 is 0 Å². The molecule has 0 fully saturated rings. The van der Waals surface area contributed by atoms with Gasteiger partial charge in [0.2, 0.25) is 6.79 Å². The highest BCUT2D eigenvalue weighted by atomic mass is 16.7. The second-order valence-electron chi connectivity index (χ2n) is 4.74. The molecule has 2 heterocycles. The third kappa shape index (κ3) is 2.85. The molecule has 0 spiro atoms. The van der Waals surface area contributed by atoms with Gasteiger partial charge in [0.05, 0.1) is 6.54 Å². The summed E-state index contributed by atoms with van der Waals surface area (Å²) < 4.78 is 15.7. The number of rotatable bonds is 4. The molecule has 0 unspecified atom stereocenters. The van der Waals surface area contributed by atoms with Crippen molar-refractivity contribution < 1.29 is 23.8 Å². The highest BCUT2D eigenvalue weighted by molar-refractivity contribution is 5.94. The zero-order valence-electron chi connectivity index (χ0n) is 11.5. The third-order valence-corrected chi connectivity index (χ3v) is 3.18. The number of amides is 1. The molecule has 0 aliphatic carbocycles. The first-order chi connectivity index (χ1) is 10.1. The van der Waals surface area contributed by atoms with Crippen molar-refractivity contribution in [1.82, 2.24) is 5.32 Å². The van der Waals surface area contributed by atoms with Crippen molar-refractivity contribution in [2.75, 3.05) is 13.3 Å². The Morgan fingerprint density at radius 3 is 2.86 bits per heavy atom. The first kappa shape index (κ1) is 13.5. The maximum Gasteiger partial charge on any atom is 0.251 e. The molecule has 2 N–H and O–H groups in total. The summed E-state index contributed by atoms with van der Waals surface area (Å²) in [6, 6.07) is 8.39. The lowest BCUT2D eigenvalue weighted by Crippen LogP contribution is -2.28. The molecule has 0 saturated heterocycles. The zero-order valence-corrected chi connectivity index (χ0v) is 11.5. The van der Waals surface area contributed by atoms with Crippen LogP contribution in [0.25, 0.3) is 0 Å². The van der Waals surface area contributed by atoms with Crippen LogP contribution in [-0.2, 0) is 0 Å². The van der Waals surface area contributed by atoms with Gasteiger partial charge in [-0.05, 0) is 37.3 Å². The van der Waals surface area contributed by atoms with E-state index in [-0.39, 0.29) is 19.2 Å². The number of nitrogens with one attached hydrogen (secondary N) is 1.